The van der Waals surface area contributed by atoms with Crippen LogP contribution in [0.25, 0.3) is 11.3 Å². The Hall–Kier alpha value is -2.15. The van der Waals surface area contributed by atoms with Crippen LogP contribution in [0.15, 0.2) is 18.6 Å². The topological polar surface area (TPSA) is 84.8 Å². The van der Waals surface area contributed by atoms with Crippen molar-refractivity contribution in [2.75, 3.05) is 13.7 Å². The maximum absolute atomic E-state index is 12.3. The lowest BCUT2D eigenvalue weighted by molar-refractivity contribution is 0.0795. The lowest BCUT2D eigenvalue weighted by Gasteiger charge is -2.14. The molecule has 7 heteroatoms. The molecule has 2 heterocycles. The fourth-order valence-electron chi connectivity index (χ4n) is 2.27. The fourth-order valence-corrected chi connectivity index (χ4v) is 2.27. The van der Waals surface area contributed by atoms with Crippen molar-refractivity contribution in [1.29, 1.82) is 0 Å². The largest absolute Gasteiger partial charge is 0.380 e. The highest BCUT2D eigenvalue weighted by Gasteiger charge is 2.17. The van der Waals surface area contributed by atoms with Crippen molar-refractivity contribution in [2.45, 2.75) is 39.3 Å². The number of ether oxygens (including phenoxy) is 1. The molecule has 0 aliphatic heterocycles. The Kier molecular flexibility index (Phi) is 5.71. The van der Waals surface area contributed by atoms with Gasteiger partial charge in [-0.3, -0.25) is 14.6 Å². The number of aromatic nitrogens is 4. The minimum atomic E-state index is -0.161. The van der Waals surface area contributed by atoms with Gasteiger partial charge in [-0.25, -0.2) is 0 Å². The van der Waals surface area contributed by atoms with Gasteiger partial charge in [0.25, 0.3) is 5.91 Å². The summed E-state index contributed by atoms with van der Waals surface area (Å²) in [6.07, 6.45) is 7.12. The van der Waals surface area contributed by atoms with Gasteiger partial charge >= 0.3 is 0 Å². The zero-order chi connectivity index (χ0) is 15.9. The molecule has 0 bridgehead atoms. The highest BCUT2D eigenvalue weighted by atomic mass is 16.5. The van der Waals surface area contributed by atoms with Gasteiger partial charge in [0.05, 0.1) is 29.8 Å². The highest BCUT2D eigenvalue weighted by molar-refractivity contribution is 5.99. The number of amides is 1. The first kappa shape index (κ1) is 16.2. The molecule has 0 aliphatic rings. The van der Waals surface area contributed by atoms with Crippen molar-refractivity contribution in [3.8, 4) is 11.3 Å². The van der Waals surface area contributed by atoms with Crippen LogP contribution >= 0.6 is 0 Å². The van der Waals surface area contributed by atoms with E-state index in [1.54, 1.807) is 18.0 Å². The van der Waals surface area contributed by atoms with E-state index in [-0.39, 0.29) is 12.0 Å². The molecular formula is C15H23N5O2. The van der Waals surface area contributed by atoms with Crippen LogP contribution in [0.1, 0.15) is 37.0 Å². The second kappa shape index (κ2) is 7.74. The summed E-state index contributed by atoms with van der Waals surface area (Å²) in [6.45, 7) is 5.37. The van der Waals surface area contributed by atoms with E-state index in [1.165, 1.54) is 6.20 Å². The summed E-state index contributed by atoms with van der Waals surface area (Å²) in [5.74, 6) is -0.161. The number of carbonyl (C=O) groups excluding carboxylic acids is 1. The van der Waals surface area contributed by atoms with Gasteiger partial charge in [-0.1, -0.05) is 13.3 Å². The van der Waals surface area contributed by atoms with Crippen molar-refractivity contribution in [2.24, 2.45) is 0 Å². The van der Waals surface area contributed by atoms with Crippen LogP contribution in [0.2, 0.25) is 0 Å². The van der Waals surface area contributed by atoms with Gasteiger partial charge in [-0.2, -0.15) is 10.2 Å². The van der Waals surface area contributed by atoms with Crippen LogP contribution in [0.4, 0.5) is 0 Å². The highest BCUT2D eigenvalue weighted by Crippen LogP contribution is 2.20. The summed E-state index contributed by atoms with van der Waals surface area (Å²) < 4.78 is 7.15. The van der Waals surface area contributed by atoms with Crippen LogP contribution in [0.3, 0.4) is 0 Å². The Labute approximate surface area is 130 Å². The van der Waals surface area contributed by atoms with E-state index in [1.807, 2.05) is 13.1 Å². The second-order valence-electron chi connectivity index (χ2n) is 5.10. The third-order valence-electron chi connectivity index (χ3n) is 3.56. The third-order valence-corrected chi connectivity index (χ3v) is 3.56. The first-order valence-corrected chi connectivity index (χ1v) is 7.56. The summed E-state index contributed by atoms with van der Waals surface area (Å²) in [6, 6.07) is 0. The molecule has 2 aromatic rings. The third kappa shape index (κ3) is 3.73. The quantitative estimate of drug-likeness (QED) is 0.779. The number of aryl methyl sites for hydroxylation is 1. The minimum absolute atomic E-state index is 0.0344. The maximum atomic E-state index is 12.3. The molecule has 2 N–H and O–H groups in total. The summed E-state index contributed by atoms with van der Waals surface area (Å²) in [4.78, 5) is 12.3. The van der Waals surface area contributed by atoms with Crippen molar-refractivity contribution in [1.82, 2.24) is 25.3 Å². The van der Waals surface area contributed by atoms with Gasteiger partial charge in [0.15, 0.2) is 0 Å². The van der Waals surface area contributed by atoms with Crippen LogP contribution in [-0.2, 0) is 11.3 Å². The lowest BCUT2D eigenvalue weighted by Crippen LogP contribution is -2.33. The fraction of sp³-hybridized carbons (Fsp3) is 0.533. The second-order valence-corrected chi connectivity index (χ2v) is 5.10. The summed E-state index contributed by atoms with van der Waals surface area (Å²) in [5.41, 5.74) is 2.05. The van der Waals surface area contributed by atoms with E-state index in [0.717, 1.165) is 24.9 Å². The molecule has 1 amide bonds. The van der Waals surface area contributed by atoms with Crippen molar-refractivity contribution in [3.63, 3.8) is 0 Å². The van der Waals surface area contributed by atoms with Crippen LogP contribution in [-0.4, -0.2) is 45.6 Å². The maximum Gasteiger partial charge on any atom is 0.255 e. The Morgan fingerprint density at radius 3 is 2.91 bits per heavy atom. The number of nitrogens with zero attached hydrogens (tertiary/aromatic N) is 3. The van der Waals surface area contributed by atoms with Crippen LogP contribution in [0, 0.1) is 0 Å². The number of hydrogen-bond donors (Lipinski definition) is 2. The average molecular weight is 305 g/mol. The molecule has 2 aromatic heterocycles. The van der Waals surface area contributed by atoms with E-state index in [2.05, 4.69) is 27.5 Å². The molecule has 120 valence electrons. The van der Waals surface area contributed by atoms with Gasteiger partial charge in [-0.05, 0) is 13.3 Å². The van der Waals surface area contributed by atoms with Crippen molar-refractivity contribution in [3.05, 3.63) is 24.2 Å². The number of nitrogens with one attached hydrogen (secondary N) is 2. The molecule has 0 unspecified atom stereocenters. The van der Waals surface area contributed by atoms with E-state index < -0.39 is 0 Å². The van der Waals surface area contributed by atoms with E-state index in [0.29, 0.717) is 17.8 Å². The van der Waals surface area contributed by atoms with Crippen molar-refractivity contribution >= 4 is 5.91 Å². The number of hydrogen-bond acceptors (Lipinski definition) is 4. The smallest absolute Gasteiger partial charge is 0.255 e. The van der Waals surface area contributed by atoms with E-state index in [4.69, 9.17) is 4.74 Å². The predicted molar refractivity (Wildman–Crippen MR) is 83.5 cm³/mol. The summed E-state index contributed by atoms with van der Waals surface area (Å²) in [5, 5.41) is 14.0. The minimum Gasteiger partial charge on any atom is -0.380 e. The Bertz CT molecular complexity index is 605. The van der Waals surface area contributed by atoms with Gasteiger partial charge in [-0.15, -0.1) is 0 Å². The van der Waals surface area contributed by atoms with Gasteiger partial charge in [0.1, 0.15) is 0 Å². The zero-order valence-electron chi connectivity index (χ0n) is 13.3. The number of carbonyl (C=O) groups is 1. The Balaban J connectivity index is 2.06. The molecule has 1 atom stereocenters. The number of aromatic amines is 1. The molecule has 0 radical (unpaired) electrons. The monoisotopic (exact) mass is 305 g/mol. The molecule has 0 fully saturated rings. The SMILES string of the molecule is CCC[C@@H](CNC(=O)c1cn[nH]c1-c1cnn(CC)c1)OC. The van der Waals surface area contributed by atoms with Gasteiger partial charge in [0, 0.05) is 32.0 Å². The normalized spacial score (nSPS) is 12.3. The predicted octanol–water partition coefficient (Wildman–Crippen LogP) is 1.84. The molecule has 0 saturated carbocycles. The Morgan fingerprint density at radius 2 is 2.27 bits per heavy atom. The lowest BCUT2D eigenvalue weighted by atomic mass is 10.1. The number of rotatable bonds is 8. The summed E-state index contributed by atoms with van der Waals surface area (Å²) in [7, 11) is 1.66. The Morgan fingerprint density at radius 1 is 1.45 bits per heavy atom. The number of methoxy groups -OCH3 is 1. The molecule has 0 saturated heterocycles. The van der Waals surface area contributed by atoms with Crippen LogP contribution in [0.5, 0.6) is 0 Å². The molecular weight excluding hydrogens is 282 g/mol. The first-order chi connectivity index (χ1) is 10.7. The van der Waals surface area contributed by atoms with Gasteiger partial charge in [0.2, 0.25) is 0 Å². The van der Waals surface area contributed by atoms with E-state index >= 15 is 0 Å². The number of H-pyrrole nitrogens is 1. The molecule has 22 heavy (non-hydrogen) atoms. The van der Waals surface area contributed by atoms with Crippen molar-refractivity contribution < 1.29 is 9.53 Å². The zero-order valence-corrected chi connectivity index (χ0v) is 13.3. The van der Waals surface area contributed by atoms with E-state index in [9.17, 15) is 4.79 Å². The van der Waals surface area contributed by atoms with Gasteiger partial charge < -0.3 is 10.1 Å². The summed E-state index contributed by atoms with van der Waals surface area (Å²) >= 11 is 0. The molecule has 0 aromatic carbocycles. The van der Waals surface area contributed by atoms with Crippen LogP contribution < -0.4 is 5.32 Å². The average Bonchev–Trinajstić information content (AvgIpc) is 3.18. The first-order valence-electron chi connectivity index (χ1n) is 7.56. The molecule has 0 spiro atoms. The molecule has 0 aliphatic carbocycles. The molecule has 7 nitrogen and oxygen atoms in total. The standard InChI is InChI=1S/C15H23N5O2/c1-4-6-12(22-3)8-16-15(21)13-9-17-19-14(13)11-7-18-20(5-2)10-11/h7,9-10,12H,4-6,8H2,1-3H3,(H,16,21)(H,17,19)/t12-/m0/s1. The molecule has 2 rings (SSSR count).